The first-order chi connectivity index (χ1) is 13.8. The number of halogens is 1. The van der Waals surface area contributed by atoms with Gasteiger partial charge in [0.05, 0.1) is 17.0 Å². The highest BCUT2D eigenvalue weighted by atomic mass is 35.5. The fourth-order valence-corrected chi connectivity index (χ4v) is 3.77. The minimum absolute atomic E-state index is 0.0194. The van der Waals surface area contributed by atoms with Crippen molar-refractivity contribution in [3.8, 4) is 6.07 Å². The second-order valence-corrected chi connectivity index (χ2v) is 7.16. The second-order valence-electron chi connectivity index (χ2n) is 6.80. The summed E-state index contributed by atoms with van der Waals surface area (Å²) in [7, 11) is 0. The molecule has 29 heavy (non-hydrogen) atoms. The number of fused-ring (bicyclic) bond motifs is 1. The van der Waals surface area contributed by atoms with Gasteiger partial charge < -0.3 is 15.2 Å². The van der Waals surface area contributed by atoms with Crippen molar-refractivity contribution in [1.82, 2.24) is 4.98 Å². The minimum Gasteiger partial charge on any atom is -0.458 e. The number of carbonyl (C=O) groups is 1. The lowest BCUT2D eigenvalue weighted by Crippen LogP contribution is -2.26. The molecule has 1 aliphatic rings. The second kappa shape index (κ2) is 7.98. The van der Waals surface area contributed by atoms with E-state index in [-0.39, 0.29) is 34.5 Å². The van der Waals surface area contributed by atoms with Gasteiger partial charge in [0.2, 0.25) is 5.88 Å². The Morgan fingerprint density at radius 2 is 2.14 bits per heavy atom. The highest BCUT2D eigenvalue weighted by molar-refractivity contribution is 6.31. The minimum atomic E-state index is -0.851. The molecule has 148 valence electrons. The Balaban J connectivity index is 2.27. The van der Waals surface area contributed by atoms with Crippen molar-refractivity contribution < 1.29 is 14.3 Å². The number of aryl methyl sites for hydroxylation is 2. The topological polar surface area (TPSA) is 98.2 Å². The van der Waals surface area contributed by atoms with E-state index in [0.29, 0.717) is 5.56 Å². The Labute approximate surface area is 173 Å². The Kier molecular flexibility index (Phi) is 5.62. The summed E-state index contributed by atoms with van der Waals surface area (Å²) in [5.41, 5.74) is 9.46. The molecule has 1 atom stereocenters. The van der Waals surface area contributed by atoms with E-state index in [1.165, 1.54) is 6.08 Å². The van der Waals surface area contributed by atoms with Crippen LogP contribution in [-0.2, 0) is 14.3 Å². The zero-order valence-electron chi connectivity index (χ0n) is 16.4. The fraction of sp³-hybridized carbons (Fsp3) is 0.227. The molecule has 0 radical (unpaired) electrons. The summed E-state index contributed by atoms with van der Waals surface area (Å²) in [6.45, 7) is 9.09. The van der Waals surface area contributed by atoms with Crippen LogP contribution in [0, 0.1) is 25.2 Å². The molecule has 2 heterocycles. The number of pyridine rings is 1. The van der Waals surface area contributed by atoms with Crippen molar-refractivity contribution in [1.29, 1.82) is 5.26 Å². The summed E-state index contributed by atoms with van der Waals surface area (Å²) in [6, 6.07) is 7.86. The van der Waals surface area contributed by atoms with Gasteiger partial charge in [-0.25, -0.2) is 9.78 Å². The van der Waals surface area contributed by atoms with Crippen LogP contribution in [0.4, 0.5) is 0 Å². The number of nitrogens with two attached hydrogens (primary N) is 1. The van der Waals surface area contributed by atoms with Crippen LogP contribution in [0.1, 0.15) is 29.5 Å². The lowest BCUT2D eigenvalue weighted by atomic mass is 9.83. The number of esters is 1. The largest absolute Gasteiger partial charge is 0.458 e. The molecule has 0 amide bonds. The first kappa shape index (κ1) is 20.4. The SMILES string of the molecule is C=CCOC(=O)C1=C(C)OC(N)=C(C#N)[C@H]1c1cc2cc(C)cc(C)c2nc1Cl. The van der Waals surface area contributed by atoms with Gasteiger partial charge in [-0.05, 0) is 38.5 Å². The third-order valence-electron chi connectivity index (χ3n) is 4.70. The normalized spacial score (nSPS) is 16.4. The number of benzene rings is 1. The molecule has 0 spiro atoms. The molecule has 0 saturated heterocycles. The molecule has 0 unspecified atom stereocenters. The Morgan fingerprint density at radius 1 is 1.41 bits per heavy atom. The van der Waals surface area contributed by atoms with Gasteiger partial charge in [-0.2, -0.15) is 5.26 Å². The molecule has 3 rings (SSSR count). The number of hydrogen-bond donors (Lipinski definition) is 1. The Hall–Kier alpha value is -3.30. The highest BCUT2D eigenvalue weighted by Gasteiger charge is 2.38. The Bertz CT molecular complexity index is 1140. The zero-order valence-corrected chi connectivity index (χ0v) is 17.1. The van der Waals surface area contributed by atoms with Gasteiger partial charge in [-0.15, -0.1) is 0 Å². The van der Waals surface area contributed by atoms with Crippen LogP contribution in [0.5, 0.6) is 0 Å². The molecule has 6 nitrogen and oxygen atoms in total. The van der Waals surface area contributed by atoms with E-state index in [9.17, 15) is 10.1 Å². The first-order valence-electron chi connectivity index (χ1n) is 8.92. The van der Waals surface area contributed by atoms with Crippen LogP contribution >= 0.6 is 11.6 Å². The van der Waals surface area contributed by atoms with E-state index < -0.39 is 11.9 Å². The molecule has 0 saturated carbocycles. The molecule has 7 heteroatoms. The number of carbonyl (C=O) groups excluding carboxylic acids is 1. The van der Waals surface area contributed by atoms with Gasteiger partial charge >= 0.3 is 5.97 Å². The van der Waals surface area contributed by atoms with Crippen molar-refractivity contribution in [2.45, 2.75) is 26.7 Å². The predicted octanol–water partition coefficient (Wildman–Crippen LogP) is 4.32. The maximum absolute atomic E-state index is 12.8. The van der Waals surface area contributed by atoms with E-state index in [4.69, 9.17) is 26.8 Å². The van der Waals surface area contributed by atoms with Gasteiger partial charge in [0, 0.05) is 10.9 Å². The van der Waals surface area contributed by atoms with Crippen molar-refractivity contribution in [2.24, 2.45) is 5.73 Å². The quantitative estimate of drug-likeness (QED) is 0.458. The number of ether oxygens (including phenoxy) is 2. The molecule has 2 N–H and O–H groups in total. The van der Waals surface area contributed by atoms with Gasteiger partial charge in [0.25, 0.3) is 0 Å². The van der Waals surface area contributed by atoms with E-state index in [1.807, 2.05) is 38.1 Å². The summed E-state index contributed by atoms with van der Waals surface area (Å²) >= 11 is 6.52. The molecule has 0 fully saturated rings. The molecule has 0 bridgehead atoms. The summed E-state index contributed by atoms with van der Waals surface area (Å²) in [6.07, 6.45) is 1.46. The summed E-state index contributed by atoms with van der Waals surface area (Å²) in [5, 5.41) is 10.8. The average Bonchev–Trinajstić information content (AvgIpc) is 2.65. The fourth-order valence-electron chi connectivity index (χ4n) is 3.52. The van der Waals surface area contributed by atoms with E-state index in [2.05, 4.69) is 11.6 Å². The van der Waals surface area contributed by atoms with Gasteiger partial charge in [-0.3, -0.25) is 0 Å². The van der Waals surface area contributed by atoms with E-state index >= 15 is 0 Å². The Morgan fingerprint density at radius 3 is 2.79 bits per heavy atom. The smallest absolute Gasteiger partial charge is 0.338 e. The molecular weight excluding hydrogens is 390 g/mol. The zero-order chi connectivity index (χ0) is 21.3. The lowest BCUT2D eigenvalue weighted by Gasteiger charge is -2.27. The van der Waals surface area contributed by atoms with Crippen LogP contribution in [0.2, 0.25) is 5.15 Å². The van der Waals surface area contributed by atoms with Crippen molar-refractivity contribution >= 4 is 28.5 Å². The summed E-state index contributed by atoms with van der Waals surface area (Å²) < 4.78 is 10.7. The molecule has 0 aliphatic carbocycles. The van der Waals surface area contributed by atoms with Crippen molar-refractivity contribution in [3.05, 3.63) is 75.5 Å². The molecule has 1 aromatic carbocycles. The monoisotopic (exact) mass is 409 g/mol. The number of nitriles is 1. The lowest BCUT2D eigenvalue weighted by molar-refractivity contribution is -0.138. The average molecular weight is 410 g/mol. The van der Waals surface area contributed by atoms with Crippen LogP contribution in [0.3, 0.4) is 0 Å². The van der Waals surface area contributed by atoms with Gasteiger partial charge in [0.15, 0.2) is 0 Å². The van der Waals surface area contributed by atoms with Crippen LogP contribution < -0.4 is 5.73 Å². The number of hydrogen-bond acceptors (Lipinski definition) is 6. The number of aromatic nitrogens is 1. The molecule has 1 aliphatic heterocycles. The van der Waals surface area contributed by atoms with Gasteiger partial charge in [-0.1, -0.05) is 35.9 Å². The molecule has 2 aromatic rings. The van der Waals surface area contributed by atoms with Crippen LogP contribution in [0.15, 0.2) is 53.6 Å². The molecule has 1 aromatic heterocycles. The standard InChI is InChI=1S/C22H20ClN3O3/c1-5-6-28-22(27)17-13(4)29-21(25)16(10-24)18(17)15-9-14-8-11(2)7-12(3)19(14)26-20(15)23/h5,7-9,18H,1,6,25H2,2-4H3/t18-/m1/s1. The number of nitrogens with zero attached hydrogens (tertiary/aromatic N) is 2. The predicted molar refractivity (Wildman–Crippen MR) is 111 cm³/mol. The van der Waals surface area contributed by atoms with Crippen LogP contribution in [0.25, 0.3) is 10.9 Å². The summed E-state index contributed by atoms with van der Waals surface area (Å²) in [5.74, 6) is -1.32. The molecular formula is C22H20ClN3O3. The third kappa shape index (κ3) is 3.69. The first-order valence-corrected chi connectivity index (χ1v) is 9.30. The van der Waals surface area contributed by atoms with E-state index in [1.54, 1.807) is 6.92 Å². The highest BCUT2D eigenvalue weighted by Crippen LogP contribution is 2.42. The van der Waals surface area contributed by atoms with Gasteiger partial charge in [0.1, 0.15) is 29.2 Å². The maximum Gasteiger partial charge on any atom is 0.338 e. The van der Waals surface area contributed by atoms with E-state index in [0.717, 1.165) is 22.0 Å². The van der Waals surface area contributed by atoms with Crippen molar-refractivity contribution in [3.63, 3.8) is 0 Å². The van der Waals surface area contributed by atoms with Crippen molar-refractivity contribution in [2.75, 3.05) is 6.61 Å². The van der Waals surface area contributed by atoms with Crippen LogP contribution in [-0.4, -0.2) is 17.6 Å². The summed E-state index contributed by atoms with van der Waals surface area (Å²) in [4.78, 5) is 17.3. The number of allylic oxidation sites excluding steroid dienone is 2. The third-order valence-corrected chi connectivity index (χ3v) is 5.01. The number of rotatable bonds is 4. The maximum atomic E-state index is 12.8.